The Labute approximate surface area is 131 Å². The number of nitrogens with zero attached hydrogens (tertiary/aromatic N) is 2. The van der Waals surface area contributed by atoms with Crippen LogP contribution in [0.1, 0.15) is 11.1 Å². The van der Waals surface area contributed by atoms with Crippen LogP contribution in [0.15, 0.2) is 42.5 Å². The van der Waals surface area contributed by atoms with Crippen molar-refractivity contribution in [2.45, 2.75) is 13.0 Å². The number of nitro groups is 1. The zero-order valence-electron chi connectivity index (χ0n) is 12.1. The molecule has 1 heterocycles. The molecule has 7 heteroatoms. The molecule has 1 aliphatic rings. The Morgan fingerprint density at radius 1 is 1.26 bits per heavy atom. The Bertz CT molecular complexity index is 764. The first-order valence-electron chi connectivity index (χ1n) is 7.02. The molecule has 0 atom stereocenters. The van der Waals surface area contributed by atoms with Crippen LogP contribution in [0.5, 0.6) is 0 Å². The molecule has 3 rings (SSSR count). The van der Waals surface area contributed by atoms with Crippen LogP contribution in [0, 0.1) is 15.9 Å². The number of carbonyl (C=O) groups is 1. The fourth-order valence-electron chi connectivity index (χ4n) is 2.60. The number of amides is 1. The highest BCUT2D eigenvalue weighted by molar-refractivity contribution is 5.93. The summed E-state index contributed by atoms with van der Waals surface area (Å²) in [5, 5.41) is 11.1. The van der Waals surface area contributed by atoms with E-state index >= 15 is 0 Å². The van der Waals surface area contributed by atoms with E-state index in [-0.39, 0.29) is 36.5 Å². The molecule has 0 bridgehead atoms. The van der Waals surface area contributed by atoms with Gasteiger partial charge in [-0.3, -0.25) is 15.0 Å². The lowest BCUT2D eigenvalue weighted by Gasteiger charge is -2.17. The Kier molecular flexibility index (Phi) is 3.92. The van der Waals surface area contributed by atoms with Crippen molar-refractivity contribution in [2.24, 2.45) is 0 Å². The minimum atomic E-state index is -0.721. The fourth-order valence-corrected chi connectivity index (χ4v) is 2.60. The molecule has 0 aliphatic carbocycles. The third-order valence-corrected chi connectivity index (χ3v) is 3.68. The lowest BCUT2D eigenvalue weighted by Crippen LogP contribution is -2.30. The minimum Gasteiger partial charge on any atom is -0.444 e. The number of ether oxygens (including phenoxy) is 1. The standard InChI is InChI=1S/C16H13FN2O4/c17-13-6-7-14(19(21)22)15-12(13)8-9-18(15)16(20)23-10-11-4-2-1-3-5-11/h1-7H,8-10H2. The molecular weight excluding hydrogens is 303 g/mol. The van der Waals surface area contributed by atoms with Crippen LogP contribution in [0.4, 0.5) is 20.6 Å². The molecule has 1 aliphatic heterocycles. The van der Waals surface area contributed by atoms with Crippen molar-refractivity contribution in [1.29, 1.82) is 0 Å². The Morgan fingerprint density at radius 3 is 2.70 bits per heavy atom. The van der Waals surface area contributed by atoms with Crippen LogP contribution in [0.2, 0.25) is 0 Å². The van der Waals surface area contributed by atoms with Crippen molar-refractivity contribution in [3.05, 3.63) is 69.5 Å². The SMILES string of the molecule is O=C(OCc1ccccc1)N1CCc2c(F)ccc([N+](=O)[O-])c21. The van der Waals surface area contributed by atoms with Gasteiger partial charge in [0.1, 0.15) is 18.1 Å². The number of halogens is 1. The topological polar surface area (TPSA) is 72.7 Å². The van der Waals surface area contributed by atoms with Crippen molar-refractivity contribution in [1.82, 2.24) is 0 Å². The van der Waals surface area contributed by atoms with Crippen LogP contribution in [-0.2, 0) is 17.8 Å². The maximum Gasteiger partial charge on any atom is 0.414 e. The first-order chi connectivity index (χ1) is 11.1. The Morgan fingerprint density at radius 2 is 2.00 bits per heavy atom. The number of hydrogen-bond acceptors (Lipinski definition) is 4. The number of anilines is 1. The molecule has 0 N–H and O–H groups in total. The average molecular weight is 316 g/mol. The normalized spacial score (nSPS) is 12.8. The lowest BCUT2D eigenvalue weighted by atomic mass is 10.1. The van der Waals surface area contributed by atoms with Crippen molar-refractivity contribution in [2.75, 3.05) is 11.4 Å². The lowest BCUT2D eigenvalue weighted by molar-refractivity contribution is -0.384. The molecule has 118 valence electrons. The monoisotopic (exact) mass is 316 g/mol. The highest BCUT2D eigenvalue weighted by Crippen LogP contribution is 2.38. The summed E-state index contributed by atoms with van der Waals surface area (Å²) in [5.74, 6) is -0.552. The van der Waals surface area contributed by atoms with E-state index < -0.39 is 16.8 Å². The summed E-state index contributed by atoms with van der Waals surface area (Å²) in [4.78, 5) is 23.9. The molecule has 6 nitrogen and oxygen atoms in total. The largest absolute Gasteiger partial charge is 0.444 e. The van der Waals surface area contributed by atoms with Crippen molar-refractivity contribution < 1.29 is 18.8 Å². The van der Waals surface area contributed by atoms with E-state index in [0.717, 1.165) is 22.6 Å². The van der Waals surface area contributed by atoms with Gasteiger partial charge in [0.05, 0.1) is 4.92 Å². The van der Waals surface area contributed by atoms with Gasteiger partial charge >= 0.3 is 6.09 Å². The number of fused-ring (bicyclic) bond motifs is 1. The van der Waals surface area contributed by atoms with Gasteiger partial charge in [-0.05, 0) is 18.1 Å². The summed E-state index contributed by atoms with van der Waals surface area (Å²) in [6.45, 7) is 0.208. The summed E-state index contributed by atoms with van der Waals surface area (Å²) >= 11 is 0. The molecule has 0 saturated carbocycles. The third kappa shape index (κ3) is 2.85. The second-order valence-electron chi connectivity index (χ2n) is 5.09. The summed E-state index contributed by atoms with van der Waals surface area (Å²) in [7, 11) is 0. The van der Waals surface area contributed by atoms with E-state index in [1.165, 1.54) is 0 Å². The first kappa shape index (κ1) is 15.0. The van der Waals surface area contributed by atoms with Crippen molar-refractivity contribution in [3.8, 4) is 0 Å². The number of benzene rings is 2. The predicted octanol–water partition coefficient (Wildman–Crippen LogP) is 3.43. The molecule has 0 fully saturated rings. The van der Waals surface area contributed by atoms with Gasteiger partial charge in [0.15, 0.2) is 0 Å². The summed E-state index contributed by atoms with van der Waals surface area (Å²) in [6, 6.07) is 11.2. The molecule has 23 heavy (non-hydrogen) atoms. The zero-order chi connectivity index (χ0) is 16.4. The van der Waals surface area contributed by atoms with Gasteiger partial charge in [-0.25, -0.2) is 9.18 Å². The third-order valence-electron chi connectivity index (χ3n) is 3.68. The molecular formula is C16H13FN2O4. The van der Waals surface area contributed by atoms with Gasteiger partial charge in [0.25, 0.3) is 5.69 Å². The molecule has 2 aromatic rings. The maximum atomic E-state index is 13.8. The summed E-state index contributed by atoms with van der Waals surface area (Å²) in [6.07, 6.45) is -0.496. The highest BCUT2D eigenvalue weighted by Gasteiger charge is 2.35. The van der Waals surface area contributed by atoms with Crippen LogP contribution >= 0.6 is 0 Å². The second-order valence-corrected chi connectivity index (χ2v) is 5.09. The minimum absolute atomic E-state index is 0.00642. The van der Waals surface area contributed by atoms with E-state index in [1.54, 1.807) is 12.1 Å². The number of hydrogen-bond donors (Lipinski definition) is 0. The van der Waals surface area contributed by atoms with Crippen LogP contribution in [0.25, 0.3) is 0 Å². The second kappa shape index (κ2) is 6.04. The number of rotatable bonds is 3. The fraction of sp³-hybridized carbons (Fsp3) is 0.188. The Balaban J connectivity index is 1.83. The quantitative estimate of drug-likeness (QED) is 0.642. The molecule has 0 aromatic heterocycles. The van der Waals surface area contributed by atoms with E-state index in [0.29, 0.717) is 0 Å². The smallest absolute Gasteiger partial charge is 0.414 e. The van der Waals surface area contributed by atoms with Crippen LogP contribution in [0.3, 0.4) is 0 Å². The van der Waals surface area contributed by atoms with E-state index in [1.807, 2.05) is 18.2 Å². The molecule has 0 unspecified atom stereocenters. The van der Waals surface area contributed by atoms with Gasteiger partial charge < -0.3 is 4.74 Å². The molecule has 2 aromatic carbocycles. The van der Waals surface area contributed by atoms with Gasteiger partial charge in [-0.1, -0.05) is 30.3 Å². The molecule has 1 amide bonds. The number of nitro benzene ring substituents is 1. The van der Waals surface area contributed by atoms with Crippen molar-refractivity contribution >= 4 is 17.5 Å². The number of carbonyl (C=O) groups excluding carboxylic acids is 1. The van der Waals surface area contributed by atoms with Crippen molar-refractivity contribution in [3.63, 3.8) is 0 Å². The summed E-state index contributed by atoms with van der Waals surface area (Å²) < 4.78 is 19.0. The molecule has 0 spiro atoms. The Hall–Kier alpha value is -2.96. The van der Waals surface area contributed by atoms with Gasteiger partial charge in [-0.2, -0.15) is 0 Å². The molecule has 0 saturated heterocycles. The molecule has 0 radical (unpaired) electrons. The van der Waals surface area contributed by atoms with E-state index in [2.05, 4.69) is 0 Å². The van der Waals surface area contributed by atoms with Gasteiger partial charge in [-0.15, -0.1) is 0 Å². The maximum absolute atomic E-state index is 13.8. The van der Waals surface area contributed by atoms with Crippen LogP contribution < -0.4 is 4.90 Å². The van der Waals surface area contributed by atoms with E-state index in [9.17, 15) is 19.3 Å². The first-order valence-corrected chi connectivity index (χ1v) is 7.02. The van der Waals surface area contributed by atoms with E-state index in [4.69, 9.17) is 4.74 Å². The zero-order valence-corrected chi connectivity index (χ0v) is 12.1. The van der Waals surface area contributed by atoms with Gasteiger partial charge in [0.2, 0.25) is 0 Å². The predicted molar refractivity (Wildman–Crippen MR) is 80.7 cm³/mol. The van der Waals surface area contributed by atoms with Gasteiger partial charge in [0, 0.05) is 18.2 Å². The van der Waals surface area contributed by atoms with Crippen LogP contribution in [-0.4, -0.2) is 17.6 Å². The average Bonchev–Trinajstić information content (AvgIpc) is 2.99. The highest BCUT2D eigenvalue weighted by atomic mass is 19.1. The summed E-state index contributed by atoms with van der Waals surface area (Å²) in [5.41, 5.74) is 0.675.